The average Bonchev–Trinajstić information content (AvgIpc) is 2.37. The highest BCUT2D eigenvalue weighted by Gasteiger charge is 2.22. The van der Waals surface area contributed by atoms with E-state index < -0.39 is 0 Å². The lowest BCUT2D eigenvalue weighted by molar-refractivity contribution is -0.122. The first-order valence-electron chi connectivity index (χ1n) is 6.56. The maximum Gasteiger partial charge on any atom is 0.236 e. The normalized spacial score (nSPS) is 13.1. The topological polar surface area (TPSA) is 55.1 Å². The van der Waals surface area contributed by atoms with E-state index in [1.165, 1.54) is 5.56 Å². The molecule has 0 bridgehead atoms. The molecule has 0 aliphatic rings. The molecule has 18 heavy (non-hydrogen) atoms. The second-order valence-electron chi connectivity index (χ2n) is 5.36. The first kappa shape index (κ1) is 14.7. The summed E-state index contributed by atoms with van der Waals surface area (Å²) < 4.78 is 0. The second-order valence-corrected chi connectivity index (χ2v) is 5.36. The van der Waals surface area contributed by atoms with Gasteiger partial charge < -0.3 is 11.1 Å². The first-order valence-corrected chi connectivity index (χ1v) is 6.56. The van der Waals surface area contributed by atoms with Gasteiger partial charge in [0.2, 0.25) is 5.91 Å². The summed E-state index contributed by atoms with van der Waals surface area (Å²) >= 11 is 0. The number of nitrogens with one attached hydrogen (secondary N) is 1. The number of amides is 1. The number of carbonyl (C=O) groups excluding carboxylic acids is 1. The summed E-state index contributed by atoms with van der Waals surface area (Å²) in [6.45, 7) is 6.87. The van der Waals surface area contributed by atoms with Crippen LogP contribution in [-0.2, 0) is 10.2 Å². The number of hydrogen-bond donors (Lipinski definition) is 2. The van der Waals surface area contributed by atoms with E-state index in [0.717, 1.165) is 12.8 Å². The summed E-state index contributed by atoms with van der Waals surface area (Å²) in [5.41, 5.74) is 6.92. The van der Waals surface area contributed by atoms with Crippen molar-refractivity contribution < 1.29 is 4.79 Å². The highest BCUT2D eigenvalue weighted by atomic mass is 16.2. The van der Waals surface area contributed by atoms with E-state index in [1.54, 1.807) is 0 Å². The Morgan fingerprint density at radius 2 is 1.94 bits per heavy atom. The largest absolute Gasteiger partial charge is 0.354 e. The van der Waals surface area contributed by atoms with E-state index in [4.69, 9.17) is 5.73 Å². The van der Waals surface area contributed by atoms with E-state index in [1.807, 2.05) is 25.1 Å². The van der Waals surface area contributed by atoms with E-state index in [0.29, 0.717) is 6.54 Å². The zero-order valence-corrected chi connectivity index (χ0v) is 11.6. The van der Waals surface area contributed by atoms with Crippen molar-refractivity contribution in [2.24, 2.45) is 5.73 Å². The number of benzene rings is 1. The van der Waals surface area contributed by atoms with Crippen LogP contribution in [0.4, 0.5) is 0 Å². The van der Waals surface area contributed by atoms with Gasteiger partial charge in [-0.15, -0.1) is 0 Å². The van der Waals surface area contributed by atoms with Gasteiger partial charge >= 0.3 is 0 Å². The van der Waals surface area contributed by atoms with Crippen LogP contribution in [0.3, 0.4) is 0 Å². The van der Waals surface area contributed by atoms with Gasteiger partial charge in [-0.2, -0.15) is 0 Å². The van der Waals surface area contributed by atoms with Crippen LogP contribution in [-0.4, -0.2) is 18.5 Å². The summed E-state index contributed by atoms with van der Waals surface area (Å²) in [5.74, 6) is -0.0548. The van der Waals surface area contributed by atoms with Gasteiger partial charge in [-0.1, -0.05) is 57.5 Å². The summed E-state index contributed by atoms with van der Waals surface area (Å²) in [6, 6.07) is 9.80. The third kappa shape index (κ3) is 4.15. The Hall–Kier alpha value is -1.35. The van der Waals surface area contributed by atoms with Crippen molar-refractivity contribution in [3.8, 4) is 0 Å². The number of nitrogens with two attached hydrogens (primary N) is 1. The Morgan fingerprint density at radius 1 is 1.33 bits per heavy atom. The van der Waals surface area contributed by atoms with E-state index in [-0.39, 0.29) is 17.4 Å². The van der Waals surface area contributed by atoms with E-state index in [2.05, 4.69) is 31.3 Å². The molecule has 0 saturated carbocycles. The molecule has 1 aromatic rings. The van der Waals surface area contributed by atoms with Crippen LogP contribution in [0.2, 0.25) is 0 Å². The molecule has 0 aliphatic heterocycles. The van der Waals surface area contributed by atoms with Crippen LogP contribution in [0.25, 0.3) is 0 Å². The predicted octanol–water partition coefficient (Wildman–Crippen LogP) is 2.21. The lowest BCUT2D eigenvalue weighted by Crippen LogP contribution is -2.45. The van der Waals surface area contributed by atoms with Crippen LogP contribution in [0, 0.1) is 0 Å². The molecule has 3 N–H and O–H groups in total. The molecule has 3 heteroatoms. The Balaban J connectivity index is 2.55. The van der Waals surface area contributed by atoms with E-state index >= 15 is 0 Å². The standard InChI is InChI=1S/C15H24N2O/c1-4-8-13(16)14(18)17-11-15(2,3)12-9-6-5-7-10-12/h5-7,9-10,13H,4,8,11,16H2,1-3H3,(H,17,18)/t13-/m0/s1. The minimum Gasteiger partial charge on any atom is -0.354 e. The third-order valence-electron chi connectivity index (χ3n) is 3.20. The molecule has 0 radical (unpaired) electrons. The number of hydrogen-bond acceptors (Lipinski definition) is 2. The molecule has 1 amide bonds. The second kappa shape index (κ2) is 6.55. The Kier molecular flexibility index (Phi) is 5.35. The number of carbonyl (C=O) groups is 1. The van der Waals surface area contributed by atoms with Gasteiger partial charge in [0.05, 0.1) is 6.04 Å². The lowest BCUT2D eigenvalue weighted by atomic mass is 9.84. The summed E-state index contributed by atoms with van der Waals surface area (Å²) in [6.07, 6.45) is 1.66. The Labute approximate surface area is 110 Å². The van der Waals surface area contributed by atoms with Crippen molar-refractivity contribution in [1.82, 2.24) is 5.32 Å². The molecule has 0 spiro atoms. The summed E-state index contributed by atoms with van der Waals surface area (Å²) in [5, 5.41) is 2.94. The molecule has 1 aromatic carbocycles. The molecule has 0 heterocycles. The van der Waals surface area contributed by atoms with Gasteiger partial charge in [-0.3, -0.25) is 4.79 Å². The van der Waals surface area contributed by atoms with Crippen molar-refractivity contribution >= 4 is 5.91 Å². The molecule has 100 valence electrons. The lowest BCUT2D eigenvalue weighted by Gasteiger charge is -2.26. The van der Waals surface area contributed by atoms with Crippen LogP contribution in [0.5, 0.6) is 0 Å². The number of rotatable bonds is 6. The highest BCUT2D eigenvalue weighted by molar-refractivity contribution is 5.81. The molecular formula is C15H24N2O. The zero-order chi connectivity index (χ0) is 13.6. The monoisotopic (exact) mass is 248 g/mol. The molecule has 0 aromatic heterocycles. The van der Waals surface area contributed by atoms with E-state index in [9.17, 15) is 4.79 Å². The van der Waals surface area contributed by atoms with Crippen molar-refractivity contribution in [2.45, 2.75) is 45.1 Å². The van der Waals surface area contributed by atoms with Crippen LogP contribution in [0.1, 0.15) is 39.2 Å². The molecule has 3 nitrogen and oxygen atoms in total. The fraction of sp³-hybridized carbons (Fsp3) is 0.533. The fourth-order valence-corrected chi connectivity index (χ4v) is 1.87. The van der Waals surface area contributed by atoms with Crippen LogP contribution in [0.15, 0.2) is 30.3 Å². The smallest absolute Gasteiger partial charge is 0.236 e. The molecule has 0 saturated heterocycles. The average molecular weight is 248 g/mol. The molecule has 1 rings (SSSR count). The first-order chi connectivity index (χ1) is 8.47. The van der Waals surface area contributed by atoms with Gasteiger partial charge in [0.25, 0.3) is 0 Å². The summed E-state index contributed by atoms with van der Waals surface area (Å²) in [4.78, 5) is 11.8. The van der Waals surface area contributed by atoms with Gasteiger partial charge in [-0.05, 0) is 12.0 Å². The van der Waals surface area contributed by atoms with Gasteiger partial charge in [0, 0.05) is 12.0 Å². The minimum absolute atomic E-state index is 0.0548. The molecule has 0 fully saturated rings. The van der Waals surface area contributed by atoms with Gasteiger partial charge in [0.1, 0.15) is 0 Å². The zero-order valence-electron chi connectivity index (χ0n) is 11.6. The minimum atomic E-state index is -0.387. The molecular weight excluding hydrogens is 224 g/mol. The fourth-order valence-electron chi connectivity index (χ4n) is 1.87. The summed E-state index contributed by atoms with van der Waals surface area (Å²) in [7, 11) is 0. The Morgan fingerprint density at radius 3 is 2.50 bits per heavy atom. The van der Waals surface area contributed by atoms with Gasteiger partial charge in [-0.25, -0.2) is 0 Å². The van der Waals surface area contributed by atoms with Crippen molar-refractivity contribution in [1.29, 1.82) is 0 Å². The predicted molar refractivity (Wildman–Crippen MR) is 75.4 cm³/mol. The van der Waals surface area contributed by atoms with Crippen molar-refractivity contribution in [3.05, 3.63) is 35.9 Å². The quantitative estimate of drug-likeness (QED) is 0.811. The van der Waals surface area contributed by atoms with Gasteiger partial charge in [0.15, 0.2) is 0 Å². The van der Waals surface area contributed by atoms with Crippen LogP contribution < -0.4 is 11.1 Å². The van der Waals surface area contributed by atoms with Crippen molar-refractivity contribution in [2.75, 3.05) is 6.54 Å². The maximum absolute atomic E-state index is 11.8. The highest BCUT2D eigenvalue weighted by Crippen LogP contribution is 2.21. The van der Waals surface area contributed by atoms with Crippen LogP contribution >= 0.6 is 0 Å². The molecule has 0 unspecified atom stereocenters. The molecule has 0 aliphatic carbocycles. The Bertz CT molecular complexity index is 373. The maximum atomic E-state index is 11.8. The molecule has 1 atom stereocenters. The van der Waals surface area contributed by atoms with Crippen molar-refractivity contribution in [3.63, 3.8) is 0 Å². The SMILES string of the molecule is CCC[C@H](N)C(=O)NCC(C)(C)c1ccccc1. The third-order valence-corrected chi connectivity index (χ3v) is 3.20.